The molecular weight excluding hydrogens is 306 g/mol. The van der Waals surface area contributed by atoms with Gasteiger partial charge >= 0.3 is 0 Å². The van der Waals surface area contributed by atoms with E-state index in [-0.39, 0.29) is 5.69 Å². The summed E-state index contributed by atoms with van der Waals surface area (Å²) in [5.41, 5.74) is 6.40. The van der Waals surface area contributed by atoms with Crippen LogP contribution in [-0.4, -0.2) is 37.4 Å². The van der Waals surface area contributed by atoms with E-state index < -0.39 is 5.91 Å². The monoisotopic (exact) mass is 321 g/mol. The SMILES string of the molecule is NC(=O)c1ccc(N2CCn3c(nnc3-c3ccccc3)C2)nn1. The summed E-state index contributed by atoms with van der Waals surface area (Å²) < 4.78 is 2.12. The predicted molar refractivity (Wildman–Crippen MR) is 87.1 cm³/mol. The molecule has 4 rings (SSSR count). The number of benzene rings is 1. The average molecular weight is 321 g/mol. The summed E-state index contributed by atoms with van der Waals surface area (Å²) in [7, 11) is 0. The number of anilines is 1. The standard InChI is InChI=1S/C16H15N7O/c17-15(24)12-6-7-13(19-18-12)22-8-9-23-14(10-22)20-21-16(23)11-4-2-1-3-5-11/h1-7H,8-10H2,(H2,17,24). The van der Waals surface area contributed by atoms with Crippen molar-refractivity contribution in [2.75, 3.05) is 11.4 Å². The van der Waals surface area contributed by atoms with Crippen molar-refractivity contribution in [3.8, 4) is 11.4 Å². The van der Waals surface area contributed by atoms with Gasteiger partial charge in [0.25, 0.3) is 5.91 Å². The highest BCUT2D eigenvalue weighted by Crippen LogP contribution is 2.23. The van der Waals surface area contributed by atoms with E-state index in [1.54, 1.807) is 12.1 Å². The van der Waals surface area contributed by atoms with Gasteiger partial charge in [-0.3, -0.25) is 4.79 Å². The number of fused-ring (bicyclic) bond motifs is 1. The lowest BCUT2D eigenvalue weighted by Gasteiger charge is -2.28. The van der Waals surface area contributed by atoms with Crippen LogP contribution in [-0.2, 0) is 13.1 Å². The Bertz CT molecular complexity index is 873. The Morgan fingerprint density at radius 2 is 1.79 bits per heavy atom. The van der Waals surface area contributed by atoms with Crippen molar-refractivity contribution in [2.24, 2.45) is 5.73 Å². The molecule has 8 nitrogen and oxygen atoms in total. The van der Waals surface area contributed by atoms with Crippen molar-refractivity contribution in [1.29, 1.82) is 0 Å². The van der Waals surface area contributed by atoms with E-state index in [2.05, 4.69) is 29.9 Å². The molecule has 1 aromatic carbocycles. The van der Waals surface area contributed by atoms with Crippen molar-refractivity contribution in [3.63, 3.8) is 0 Å². The van der Waals surface area contributed by atoms with Gasteiger partial charge in [-0.1, -0.05) is 30.3 Å². The number of amides is 1. The molecule has 0 aliphatic carbocycles. The molecule has 0 bridgehead atoms. The van der Waals surface area contributed by atoms with Crippen LogP contribution < -0.4 is 10.6 Å². The maximum absolute atomic E-state index is 11.1. The summed E-state index contributed by atoms with van der Waals surface area (Å²) >= 11 is 0. The fourth-order valence-electron chi connectivity index (χ4n) is 2.78. The van der Waals surface area contributed by atoms with Gasteiger partial charge in [0.1, 0.15) is 0 Å². The van der Waals surface area contributed by atoms with Crippen LogP contribution in [0.15, 0.2) is 42.5 Å². The summed E-state index contributed by atoms with van der Waals surface area (Å²) in [5, 5.41) is 16.6. The molecule has 2 N–H and O–H groups in total. The number of nitrogens with two attached hydrogens (primary N) is 1. The lowest BCUT2D eigenvalue weighted by atomic mass is 10.2. The fourth-order valence-corrected chi connectivity index (χ4v) is 2.78. The molecule has 8 heteroatoms. The second kappa shape index (κ2) is 5.73. The van der Waals surface area contributed by atoms with Gasteiger partial charge in [0.15, 0.2) is 23.2 Å². The summed E-state index contributed by atoms with van der Waals surface area (Å²) in [6, 6.07) is 13.3. The molecule has 0 spiro atoms. The smallest absolute Gasteiger partial charge is 0.269 e. The highest BCUT2D eigenvalue weighted by molar-refractivity contribution is 5.90. The Morgan fingerprint density at radius 1 is 0.958 bits per heavy atom. The largest absolute Gasteiger partial charge is 0.364 e. The fraction of sp³-hybridized carbons (Fsp3) is 0.188. The molecule has 1 aliphatic heterocycles. The van der Waals surface area contributed by atoms with Crippen LogP contribution in [0.5, 0.6) is 0 Å². The quantitative estimate of drug-likeness (QED) is 0.767. The van der Waals surface area contributed by atoms with E-state index >= 15 is 0 Å². The number of aromatic nitrogens is 5. The summed E-state index contributed by atoms with van der Waals surface area (Å²) in [6.45, 7) is 2.10. The Morgan fingerprint density at radius 3 is 2.50 bits per heavy atom. The third-order valence-corrected chi connectivity index (χ3v) is 4.01. The Hall–Kier alpha value is -3.29. The first kappa shape index (κ1) is 14.3. The van der Waals surface area contributed by atoms with E-state index in [0.29, 0.717) is 12.4 Å². The number of hydrogen-bond donors (Lipinski definition) is 1. The lowest BCUT2D eigenvalue weighted by molar-refractivity contribution is 0.0994. The van der Waals surface area contributed by atoms with Gasteiger partial charge in [-0.15, -0.1) is 20.4 Å². The molecular formula is C16H15N7O. The Kier molecular flexibility index (Phi) is 3.42. The first-order valence-electron chi connectivity index (χ1n) is 7.58. The Balaban J connectivity index is 1.59. The first-order valence-corrected chi connectivity index (χ1v) is 7.58. The molecule has 0 saturated carbocycles. The zero-order chi connectivity index (χ0) is 16.5. The van der Waals surface area contributed by atoms with E-state index in [4.69, 9.17) is 5.73 Å². The topological polar surface area (TPSA) is 103 Å². The number of primary amides is 1. The molecule has 0 radical (unpaired) electrons. The predicted octanol–water partition coefficient (Wildman–Crippen LogP) is 0.854. The van der Waals surface area contributed by atoms with Crippen molar-refractivity contribution in [3.05, 3.63) is 54.0 Å². The van der Waals surface area contributed by atoms with E-state index in [1.807, 2.05) is 30.3 Å². The molecule has 120 valence electrons. The molecule has 1 aliphatic rings. The molecule has 0 unspecified atom stereocenters. The van der Waals surface area contributed by atoms with Gasteiger partial charge in [-0.25, -0.2) is 0 Å². The minimum Gasteiger partial charge on any atom is -0.364 e. The van der Waals surface area contributed by atoms with Crippen LogP contribution in [0.1, 0.15) is 16.3 Å². The maximum Gasteiger partial charge on any atom is 0.269 e. The Labute approximate surface area is 137 Å². The minimum atomic E-state index is -0.583. The third kappa shape index (κ3) is 2.47. The van der Waals surface area contributed by atoms with Crippen molar-refractivity contribution >= 4 is 11.7 Å². The molecule has 24 heavy (non-hydrogen) atoms. The minimum absolute atomic E-state index is 0.158. The molecule has 3 aromatic rings. The van der Waals surface area contributed by atoms with Crippen LogP contribution in [0.2, 0.25) is 0 Å². The second-order valence-corrected chi connectivity index (χ2v) is 5.52. The summed E-state index contributed by atoms with van der Waals surface area (Å²) in [5.74, 6) is 1.86. The highest BCUT2D eigenvalue weighted by Gasteiger charge is 2.23. The molecule has 2 aromatic heterocycles. The van der Waals surface area contributed by atoms with Gasteiger partial charge in [0.05, 0.1) is 6.54 Å². The van der Waals surface area contributed by atoms with E-state index in [9.17, 15) is 4.79 Å². The normalized spacial score (nSPS) is 13.6. The van der Waals surface area contributed by atoms with Crippen molar-refractivity contribution in [1.82, 2.24) is 25.0 Å². The summed E-state index contributed by atoms with van der Waals surface area (Å²) in [4.78, 5) is 13.1. The molecule has 0 saturated heterocycles. The van der Waals surface area contributed by atoms with Crippen LogP contribution in [0, 0.1) is 0 Å². The molecule has 0 atom stereocenters. The number of carbonyl (C=O) groups is 1. The van der Waals surface area contributed by atoms with E-state index in [0.717, 1.165) is 30.3 Å². The zero-order valence-corrected chi connectivity index (χ0v) is 12.8. The molecule has 3 heterocycles. The van der Waals surface area contributed by atoms with Gasteiger partial charge < -0.3 is 15.2 Å². The van der Waals surface area contributed by atoms with Crippen LogP contribution >= 0.6 is 0 Å². The van der Waals surface area contributed by atoms with Crippen LogP contribution in [0.3, 0.4) is 0 Å². The maximum atomic E-state index is 11.1. The number of rotatable bonds is 3. The van der Waals surface area contributed by atoms with Crippen LogP contribution in [0.4, 0.5) is 5.82 Å². The van der Waals surface area contributed by atoms with Crippen LogP contribution in [0.25, 0.3) is 11.4 Å². The van der Waals surface area contributed by atoms with Crippen molar-refractivity contribution < 1.29 is 4.79 Å². The zero-order valence-electron chi connectivity index (χ0n) is 12.8. The average Bonchev–Trinajstić information content (AvgIpc) is 3.05. The van der Waals surface area contributed by atoms with Gasteiger partial charge in [0, 0.05) is 18.7 Å². The van der Waals surface area contributed by atoms with Crippen molar-refractivity contribution in [2.45, 2.75) is 13.1 Å². The number of hydrogen-bond acceptors (Lipinski definition) is 6. The second-order valence-electron chi connectivity index (χ2n) is 5.52. The summed E-state index contributed by atoms with van der Waals surface area (Å²) in [6.07, 6.45) is 0. The lowest BCUT2D eigenvalue weighted by Crippen LogP contribution is -2.34. The highest BCUT2D eigenvalue weighted by atomic mass is 16.1. The molecule has 1 amide bonds. The third-order valence-electron chi connectivity index (χ3n) is 4.01. The van der Waals surface area contributed by atoms with Gasteiger partial charge in [-0.2, -0.15) is 0 Å². The van der Waals surface area contributed by atoms with Gasteiger partial charge in [-0.05, 0) is 12.1 Å². The molecule has 0 fully saturated rings. The van der Waals surface area contributed by atoms with E-state index in [1.165, 1.54) is 0 Å². The number of nitrogens with zero attached hydrogens (tertiary/aromatic N) is 6. The number of carbonyl (C=O) groups excluding carboxylic acids is 1. The first-order chi connectivity index (χ1) is 11.7. The van der Waals surface area contributed by atoms with Gasteiger partial charge in [0.2, 0.25) is 0 Å².